The molecule has 1 aliphatic rings. The Hall–Kier alpha value is -2.31. The van der Waals surface area contributed by atoms with Crippen LogP contribution in [0.3, 0.4) is 0 Å². The van der Waals surface area contributed by atoms with Crippen LogP contribution in [0.5, 0.6) is 0 Å². The molecule has 1 fully saturated rings. The van der Waals surface area contributed by atoms with Gasteiger partial charge in [0.05, 0.1) is 5.69 Å². The standard InChI is InChI=1S/C13H18N6O/c1-18-8-16-12(17-18)4-5-15-13(20)11-6-9(14)7-19(11)10-2-3-10/h6-8,10H,2-5,14H2,1H3,(H,15,20). The van der Waals surface area contributed by atoms with Gasteiger partial charge >= 0.3 is 0 Å². The molecule has 0 aliphatic heterocycles. The van der Waals surface area contributed by atoms with Gasteiger partial charge in [0.25, 0.3) is 5.91 Å². The molecule has 2 aromatic rings. The van der Waals surface area contributed by atoms with Gasteiger partial charge in [-0.05, 0) is 18.9 Å². The van der Waals surface area contributed by atoms with Crippen molar-refractivity contribution in [2.45, 2.75) is 25.3 Å². The monoisotopic (exact) mass is 274 g/mol. The quantitative estimate of drug-likeness (QED) is 0.831. The molecule has 7 nitrogen and oxygen atoms in total. The molecule has 0 aromatic carbocycles. The number of carbonyl (C=O) groups is 1. The zero-order valence-corrected chi connectivity index (χ0v) is 11.4. The molecule has 1 aliphatic carbocycles. The van der Waals surface area contributed by atoms with E-state index in [0.29, 0.717) is 30.4 Å². The summed E-state index contributed by atoms with van der Waals surface area (Å²) in [6, 6.07) is 2.16. The van der Waals surface area contributed by atoms with Crippen LogP contribution >= 0.6 is 0 Å². The normalized spacial score (nSPS) is 14.4. The van der Waals surface area contributed by atoms with Crippen LogP contribution in [0.1, 0.15) is 35.2 Å². The average Bonchev–Trinajstić information content (AvgIpc) is 3.06. The molecular formula is C13H18N6O. The van der Waals surface area contributed by atoms with Crippen LogP contribution in [-0.2, 0) is 13.5 Å². The zero-order chi connectivity index (χ0) is 14.1. The summed E-state index contributed by atoms with van der Waals surface area (Å²) >= 11 is 0. The maximum absolute atomic E-state index is 12.2. The highest BCUT2D eigenvalue weighted by molar-refractivity contribution is 5.93. The molecule has 0 unspecified atom stereocenters. The van der Waals surface area contributed by atoms with Crippen LogP contribution in [-0.4, -0.2) is 31.8 Å². The van der Waals surface area contributed by atoms with Gasteiger partial charge in [-0.25, -0.2) is 4.98 Å². The number of rotatable bonds is 5. The van der Waals surface area contributed by atoms with Crippen molar-refractivity contribution < 1.29 is 4.79 Å². The summed E-state index contributed by atoms with van der Waals surface area (Å²) in [6.45, 7) is 0.512. The van der Waals surface area contributed by atoms with E-state index < -0.39 is 0 Å². The van der Waals surface area contributed by atoms with Gasteiger partial charge in [-0.1, -0.05) is 0 Å². The Labute approximate surface area is 116 Å². The van der Waals surface area contributed by atoms with Crippen molar-refractivity contribution in [2.75, 3.05) is 12.3 Å². The summed E-state index contributed by atoms with van der Waals surface area (Å²) < 4.78 is 3.62. The first-order chi connectivity index (χ1) is 9.63. The van der Waals surface area contributed by atoms with E-state index in [1.54, 1.807) is 17.1 Å². The van der Waals surface area contributed by atoms with E-state index >= 15 is 0 Å². The minimum Gasteiger partial charge on any atom is -0.397 e. The Morgan fingerprint density at radius 2 is 2.35 bits per heavy atom. The summed E-state index contributed by atoms with van der Waals surface area (Å²) in [4.78, 5) is 16.3. The number of carbonyl (C=O) groups excluding carboxylic acids is 1. The Balaban J connectivity index is 1.59. The number of aromatic nitrogens is 4. The van der Waals surface area contributed by atoms with E-state index in [-0.39, 0.29) is 5.91 Å². The van der Waals surface area contributed by atoms with Crippen LogP contribution in [0.2, 0.25) is 0 Å². The molecule has 0 atom stereocenters. The Kier molecular flexibility index (Phi) is 3.17. The third kappa shape index (κ3) is 2.66. The predicted octanol–water partition coefficient (Wildman–Crippen LogP) is 0.506. The number of amides is 1. The van der Waals surface area contributed by atoms with Crippen LogP contribution in [0.4, 0.5) is 5.69 Å². The van der Waals surface area contributed by atoms with Crippen molar-refractivity contribution in [1.29, 1.82) is 0 Å². The van der Waals surface area contributed by atoms with Crippen LogP contribution in [0.15, 0.2) is 18.6 Å². The maximum atomic E-state index is 12.2. The number of nitrogens with two attached hydrogens (primary N) is 1. The third-order valence-electron chi connectivity index (χ3n) is 3.32. The van der Waals surface area contributed by atoms with E-state index in [1.807, 2.05) is 17.8 Å². The van der Waals surface area contributed by atoms with E-state index in [9.17, 15) is 4.79 Å². The smallest absolute Gasteiger partial charge is 0.268 e. The van der Waals surface area contributed by atoms with E-state index in [1.165, 1.54) is 0 Å². The fourth-order valence-corrected chi connectivity index (χ4v) is 2.21. The fourth-order valence-electron chi connectivity index (χ4n) is 2.21. The molecular weight excluding hydrogens is 256 g/mol. The van der Waals surface area contributed by atoms with Crippen molar-refractivity contribution >= 4 is 11.6 Å². The number of nitrogens with one attached hydrogen (secondary N) is 1. The fraction of sp³-hybridized carbons (Fsp3) is 0.462. The number of hydrogen-bond acceptors (Lipinski definition) is 4. The molecule has 20 heavy (non-hydrogen) atoms. The first-order valence-corrected chi connectivity index (χ1v) is 6.73. The second-order valence-electron chi connectivity index (χ2n) is 5.14. The molecule has 2 aromatic heterocycles. The summed E-state index contributed by atoms with van der Waals surface area (Å²) in [6.07, 6.45) is 6.34. The van der Waals surface area contributed by atoms with Crippen LogP contribution in [0, 0.1) is 0 Å². The summed E-state index contributed by atoms with van der Waals surface area (Å²) in [5.41, 5.74) is 7.05. The molecule has 0 spiro atoms. The first kappa shape index (κ1) is 12.7. The van der Waals surface area contributed by atoms with Crippen LogP contribution in [0.25, 0.3) is 0 Å². The Morgan fingerprint density at radius 1 is 1.55 bits per heavy atom. The van der Waals surface area contributed by atoms with Crippen molar-refractivity contribution in [3.05, 3.63) is 30.1 Å². The van der Waals surface area contributed by atoms with Crippen molar-refractivity contribution in [1.82, 2.24) is 24.6 Å². The number of nitrogens with zero attached hydrogens (tertiary/aromatic N) is 4. The van der Waals surface area contributed by atoms with Crippen molar-refractivity contribution in [3.63, 3.8) is 0 Å². The molecule has 2 heterocycles. The molecule has 0 radical (unpaired) electrons. The number of aryl methyl sites for hydroxylation is 1. The highest BCUT2D eigenvalue weighted by atomic mass is 16.1. The molecule has 0 saturated heterocycles. The summed E-state index contributed by atoms with van der Waals surface area (Å²) in [7, 11) is 1.82. The molecule has 3 rings (SSSR count). The molecule has 3 N–H and O–H groups in total. The third-order valence-corrected chi connectivity index (χ3v) is 3.32. The minimum atomic E-state index is -0.0930. The van der Waals surface area contributed by atoms with Gasteiger partial charge < -0.3 is 15.6 Å². The highest BCUT2D eigenvalue weighted by Crippen LogP contribution is 2.37. The molecule has 1 saturated carbocycles. The zero-order valence-electron chi connectivity index (χ0n) is 11.4. The van der Waals surface area contributed by atoms with E-state index in [2.05, 4.69) is 15.4 Å². The van der Waals surface area contributed by atoms with Crippen molar-refractivity contribution in [2.24, 2.45) is 7.05 Å². The molecule has 7 heteroatoms. The predicted molar refractivity (Wildman–Crippen MR) is 74.2 cm³/mol. The SMILES string of the molecule is Cn1cnc(CCNC(=O)c2cc(N)cn2C2CC2)n1. The molecule has 0 bridgehead atoms. The summed E-state index contributed by atoms with van der Waals surface area (Å²) in [5, 5.41) is 7.06. The highest BCUT2D eigenvalue weighted by Gasteiger charge is 2.27. The van der Waals surface area contributed by atoms with Gasteiger partial charge in [0.1, 0.15) is 12.0 Å². The lowest BCUT2D eigenvalue weighted by Gasteiger charge is -2.07. The lowest BCUT2D eigenvalue weighted by Crippen LogP contribution is -2.28. The number of nitrogen functional groups attached to an aromatic ring is 1. The van der Waals surface area contributed by atoms with Gasteiger partial charge in [-0.15, -0.1) is 0 Å². The van der Waals surface area contributed by atoms with E-state index in [0.717, 1.165) is 18.7 Å². The van der Waals surface area contributed by atoms with Gasteiger partial charge in [-0.3, -0.25) is 9.48 Å². The van der Waals surface area contributed by atoms with E-state index in [4.69, 9.17) is 5.73 Å². The summed E-state index contributed by atoms with van der Waals surface area (Å²) in [5.74, 6) is 0.634. The minimum absolute atomic E-state index is 0.0930. The number of hydrogen-bond donors (Lipinski definition) is 2. The lowest BCUT2D eigenvalue weighted by atomic mass is 10.3. The number of anilines is 1. The molecule has 106 valence electrons. The Morgan fingerprint density at radius 3 is 3.00 bits per heavy atom. The largest absolute Gasteiger partial charge is 0.397 e. The van der Waals surface area contributed by atoms with Gasteiger partial charge in [0.15, 0.2) is 5.82 Å². The average molecular weight is 274 g/mol. The van der Waals surface area contributed by atoms with Crippen molar-refractivity contribution in [3.8, 4) is 0 Å². The second kappa shape index (κ2) is 4.99. The second-order valence-corrected chi connectivity index (χ2v) is 5.14. The topological polar surface area (TPSA) is 90.8 Å². The molecule has 1 amide bonds. The Bertz CT molecular complexity index is 625. The van der Waals surface area contributed by atoms with Gasteiger partial charge in [0, 0.05) is 32.3 Å². The first-order valence-electron chi connectivity index (χ1n) is 6.73. The van der Waals surface area contributed by atoms with Gasteiger partial charge in [-0.2, -0.15) is 5.10 Å². The maximum Gasteiger partial charge on any atom is 0.268 e. The van der Waals surface area contributed by atoms with Gasteiger partial charge in [0.2, 0.25) is 0 Å². The lowest BCUT2D eigenvalue weighted by molar-refractivity contribution is 0.0944. The van der Waals surface area contributed by atoms with Crippen LogP contribution < -0.4 is 11.1 Å².